The van der Waals surface area contributed by atoms with Gasteiger partial charge in [-0.3, -0.25) is 4.79 Å². The molecule has 3 nitrogen and oxygen atoms in total. The van der Waals surface area contributed by atoms with E-state index in [4.69, 9.17) is 4.74 Å². The molecule has 80 valence electrons. The van der Waals surface area contributed by atoms with Crippen molar-refractivity contribution in [1.82, 2.24) is 5.32 Å². The van der Waals surface area contributed by atoms with Gasteiger partial charge in [-0.1, -0.05) is 18.2 Å². The van der Waals surface area contributed by atoms with Crippen LogP contribution in [-0.2, 0) is 28.9 Å². The summed E-state index contributed by atoms with van der Waals surface area (Å²) in [5.74, 6) is -0.165. The van der Waals surface area contributed by atoms with Crippen LogP contribution in [0.1, 0.15) is 16.7 Å². The number of rotatable bonds is 2. The minimum atomic E-state index is -0.165. The summed E-state index contributed by atoms with van der Waals surface area (Å²) in [4.78, 5) is 11.2. The summed E-state index contributed by atoms with van der Waals surface area (Å²) in [6.07, 6.45) is 1.39. The second kappa shape index (κ2) is 4.45. The monoisotopic (exact) mass is 205 g/mol. The average molecular weight is 205 g/mol. The van der Waals surface area contributed by atoms with Crippen LogP contribution in [0.25, 0.3) is 0 Å². The molecule has 3 heteroatoms. The van der Waals surface area contributed by atoms with Crippen LogP contribution < -0.4 is 5.32 Å². The molecule has 0 atom stereocenters. The van der Waals surface area contributed by atoms with Crippen molar-refractivity contribution in [3.8, 4) is 0 Å². The number of ether oxygens (including phenoxy) is 1. The molecule has 1 heterocycles. The van der Waals surface area contributed by atoms with Crippen LogP contribution in [-0.4, -0.2) is 19.6 Å². The van der Waals surface area contributed by atoms with Gasteiger partial charge in [0.15, 0.2) is 0 Å². The molecule has 0 spiro atoms. The molecule has 0 amide bonds. The van der Waals surface area contributed by atoms with E-state index < -0.39 is 0 Å². The summed E-state index contributed by atoms with van der Waals surface area (Å²) in [6.45, 7) is 1.90. The van der Waals surface area contributed by atoms with Crippen molar-refractivity contribution in [3.63, 3.8) is 0 Å². The van der Waals surface area contributed by atoms with E-state index in [1.54, 1.807) is 0 Å². The third-order valence-electron chi connectivity index (χ3n) is 2.80. The second-order valence-corrected chi connectivity index (χ2v) is 3.73. The van der Waals surface area contributed by atoms with Crippen molar-refractivity contribution in [1.29, 1.82) is 0 Å². The highest BCUT2D eigenvalue weighted by molar-refractivity contribution is 5.73. The van der Waals surface area contributed by atoms with E-state index in [1.165, 1.54) is 18.2 Å². The molecule has 2 rings (SSSR count). The van der Waals surface area contributed by atoms with Gasteiger partial charge in [-0.2, -0.15) is 0 Å². The van der Waals surface area contributed by atoms with E-state index in [0.717, 1.165) is 25.1 Å². The lowest BCUT2D eigenvalue weighted by molar-refractivity contribution is -0.139. The first kappa shape index (κ1) is 10.2. The molecule has 0 aliphatic carbocycles. The first-order chi connectivity index (χ1) is 7.31. The lowest BCUT2D eigenvalue weighted by atomic mass is 9.94. The minimum absolute atomic E-state index is 0.165. The van der Waals surface area contributed by atoms with Crippen LogP contribution in [0.4, 0.5) is 0 Å². The molecule has 1 aliphatic rings. The standard InChI is InChI=1S/C12H15NO2/c1-15-12(14)7-9-3-2-4-10-8-13-6-5-11(9)10/h2-4,13H,5-8H2,1H3. The van der Waals surface area contributed by atoms with E-state index >= 15 is 0 Å². The van der Waals surface area contributed by atoms with Gasteiger partial charge in [0, 0.05) is 6.54 Å². The maximum atomic E-state index is 11.2. The second-order valence-electron chi connectivity index (χ2n) is 3.73. The third kappa shape index (κ3) is 2.18. The van der Waals surface area contributed by atoms with Gasteiger partial charge in [-0.05, 0) is 29.7 Å². The number of carbonyl (C=O) groups excluding carboxylic acids is 1. The number of hydrogen-bond donors (Lipinski definition) is 1. The fourth-order valence-corrected chi connectivity index (χ4v) is 2.00. The van der Waals surface area contributed by atoms with E-state index in [0.29, 0.717) is 6.42 Å². The maximum Gasteiger partial charge on any atom is 0.309 e. The minimum Gasteiger partial charge on any atom is -0.469 e. The zero-order chi connectivity index (χ0) is 10.7. The summed E-state index contributed by atoms with van der Waals surface area (Å²) in [5, 5.41) is 3.32. The molecule has 1 aliphatic heterocycles. The van der Waals surface area contributed by atoms with Crippen LogP contribution >= 0.6 is 0 Å². The van der Waals surface area contributed by atoms with Gasteiger partial charge >= 0.3 is 5.97 Å². The zero-order valence-corrected chi connectivity index (χ0v) is 8.88. The van der Waals surface area contributed by atoms with Crippen molar-refractivity contribution in [2.75, 3.05) is 13.7 Å². The van der Waals surface area contributed by atoms with Gasteiger partial charge in [0.2, 0.25) is 0 Å². The Balaban J connectivity index is 2.27. The Labute approximate surface area is 89.4 Å². The fourth-order valence-electron chi connectivity index (χ4n) is 2.00. The van der Waals surface area contributed by atoms with Gasteiger partial charge in [0.1, 0.15) is 0 Å². The van der Waals surface area contributed by atoms with Crippen molar-refractivity contribution in [2.24, 2.45) is 0 Å². The predicted octanol–water partition coefficient (Wildman–Crippen LogP) is 1.05. The summed E-state index contributed by atoms with van der Waals surface area (Å²) >= 11 is 0. The number of fused-ring (bicyclic) bond motifs is 1. The quantitative estimate of drug-likeness (QED) is 0.733. The van der Waals surface area contributed by atoms with Crippen molar-refractivity contribution in [3.05, 3.63) is 34.9 Å². The molecule has 1 N–H and O–H groups in total. The highest BCUT2D eigenvalue weighted by atomic mass is 16.5. The van der Waals surface area contributed by atoms with Crippen LogP contribution in [0, 0.1) is 0 Å². The summed E-state index contributed by atoms with van der Waals surface area (Å²) < 4.78 is 4.69. The molecule has 0 saturated carbocycles. The SMILES string of the molecule is COC(=O)Cc1cccc2c1CCNC2. The van der Waals surface area contributed by atoms with Crippen molar-refractivity contribution < 1.29 is 9.53 Å². The Morgan fingerprint density at radius 3 is 3.20 bits per heavy atom. The Kier molecular flexibility index (Phi) is 3.02. The number of carbonyl (C=O) groups is 1. The molecule has 0 fully saturated rings. The first-order valence-electron chi connectivity index (χ1n) is 5.18. The topological polar surface area (TPSA) is 38.3 Å². The molecule has 15 heavy (non-hydrogen) atoms. The number of methoxy groups -OCH3 is 1. The lowest BCUT2D eigenvalue weighted by Gasteiger charge is -2.19. The molecular formula is C12H15NO2. The van der Waals surface area contributed by atoms with E-state index in [1.807, 2.05) is 12.1 Å². The Bertz CT molecular complexity index is 374. The van der Waals surface area contributed by atoms with E-state index in [-0.39, 0.29) is 5.97 Å². The molecule has 0 unspecified atom stereocenters. The molecule has 0 aromatic heterocycles. The van der Waals surface area contributed by atoms with Crippen LogP contribution in [0.3, 0.4) is 0 Å². The van der Waals surface area contributed by atoms with Crippen LogP contribution in [0.5, 0.6) is 0 Å². The van der Waals surface area contributed by atoms with Gasteiger partial charge in [0.25, 0.3) is 0 Å². The first-order valence-corrected chi connectivity index (χ1v) is 5.18. The smallest absolute Gasteiger partial charge is 0.309 e. The van der Waals surface area contributed by atoms with Gasteiger partial charge in [-0.25, -0.2) is 0 Å². The number of nitrogens with one attached hydrogen (secondary N) is 1. The van der Waals surface area contributed by atoms with E-state index in [2.05, 4.69) is 11.4 Å². The fraction of sp³-hybridized carbons (Fsp3) is 0.417. The molecular weight excluding hydrogens is 190 g/mol. The van der Waals surface area contributed by atoms with Gasteiger partial charge < -0.3 is 10.1 Å². The van der Waals surface area contributed by atoms with Crippen molar-refractivity contribution >= 4 is 5.97 Å². The highest BCUT2D eigenvalue weighted by Crippen LogP contribution is 2.19. The van der Waals surface area contributed by atoms with Crippen LogP contribution in [0.2, 0.25) is 0 Å². The van der Waals surface area contributed by atoms with Gasteiger partial charge in [-0.15, -0.1) is 0 Å². The number of esters is 1. The number of hydrogen-bond acceptors (Lipinski definition) is 3. The maximum absolute atomic E-state index is 11.2. The van der Waals surface area contributed by atoms with Crippen molar-refractivity contribution in [2.45, 2.75) is 19.4 Å². The summed E-state index contributed by atoms with van der Waals surface area (Å²) in [5.41, 5.74) is 3.74. The van der Waals surface area contributed by atoms with Crippen LogP contribution in [0.15, 0.2) is 18.2 Å². The Morgan fingerprint density at radius 1 is 1.53 bits per heavy atom. The summed E-state index contributed by atoms with van der Waals surface area (Å²) in [6, 6.07) is 6.13. The number of benzene rings is 1. The predicted molar refractivity (Wildman–Crippen MR) is 57.6 cm³/mol. The Hall–Kier alpha value is -1.35. The molecule has 0 saturated heterocycles. The largest absolute Gasteiger partial charge is 0.469 e. The normalized spacial score (nSPS) is 14.5. The van der Waals surface area contributed by atoms with E-state index in [9.17, 15) is 4.79 Å². The molecule has 0 bridgehead atoms. The Morgan fingerprint density at radius 2 is 2.40 bits per heavy atom. The lowest BCUT2D eigenvalue weighted by Crippen LogP contribution is -2.25. The average Bonchev–Trinajstić information content (AvgIpc) is 2.29. The third-order valence-corrected chi connectivity index (χ3v) is 2.80. The highest BCUT2D eigenvalue weighted by Gasteiger charge is 2.14. The van der Waals surface area contributed by atoms with Gasteiger partial charge in [0.05, 0.1) is 13.5 Å². The molecule has 0 radical (unpaired) electrons. The molecule has 1 aromatic rings. The molecule has 1 aromatic carbocycles. The zero-order valence-electron chi connectivity index (χ0n) is 8.88. The summed E-state index contributed by atoms with van der Waals surface area (Å²) in [7, 11) is 1.43.